The molecule has 0 aliphatic rings. The van der Waals surface area contributed by atoms with Gasteiger partial charge in [-0.25, -0.2) is 0 Å². The number of anilines is 1. The second kappa shape index (κ2) is 5.97. The summed E-state index contributed by atoms with van der Waals surface area (Å²) in [4.78, 5) is 12.1. The van der Waals surface area contributed by atoms with Gasteiger partial charge in [-0.05, 0) is 24.3 Å². The molecule has 4 N–H and O–H groups in total. The maximum Gasteiger partial charge on any atom is 0.253 e. The lowest BCUT2D eigenvalue weighted by Crippen LogP contribution is -2.23. The monoisotopic (exact) mass is 272 g/mol. The summed E-state index contributed by atoms with van der Waals surface area (Å²) in [5, 5.41) is 12.3. The molecule has 20 heavy (non-hydrogen) atoms. The Morgan fingerprint density at radius 1 is 1.30 bits per heavy atom. The van der Waals surface area contributed by atoms with Crippen molar-refractivity contribution in [2.75, 3.05) is 12.8 Å². The van der Waals surface area contributed by atoms with Crippen LogP contribution in [0.4, 0.5) is 5.69 Å². The summed E-state index contributed by atoms with van der Waals surface area (Å²) >= 11 is 0. The molecule has 0 radical (unpaired) electrons. The van der Waals surface area contributed by atoms with Crippen molar-refractivity contribution in [1.29, 1.82) is 0 Å². The van der Waals surface area contributed by atoms with Gasteiger partial charge in [-0.1, -0.05) is 18.2 Å². The number of aromatic hydroxyl groups is 1. The highest BCUT2D eigenvalue weighted by atomic mass is 16.5. The minimum Gasteiger partial charge on any atom is -0.508 e. The fourth-order valence-electron chi connectivity index (χ4n) is 1.79. The van der Waals surface area contributed by atoms with Gasteiger partial charge in [0.1, 0.15) is 11.5 Å². The van der Waals surface area contributed by atoms with Crippen LogP contribution in [-0.4, -0.2) is 18.1 Å². The summed E-state index contributed by atoms with van der Waals surface area (Å²) < 4.78 is 5.07. The molecule has 0 heterocycles. The van der Waals surface area contributed by atoms with E-state index in [9.17, 15) is 9.90 Å². The van der Waals surface area contributed by atoms with Gasteiger partial charge in [0.2, 0.25) is 0 Å². The molecule has 0 atom stereocenters. The molecule has 0 saturated carbocycles. The topological polar surface area (TPSA) is 84.6 Å². The van der Waals surface area contributed by atoms with Crippen LogP contribution in [-0.2, 0) is 6.54 Å². The fraction of sp³-hybridized carbons (Fsp3) is 0.133. The number of hydrogen-bond donors (Lipinski definition) is 3. The molecule has 104 valence electrons. The van der Waals surface area contributed by atoms with Crippen LogP contribution in [0, 0.1) is 0 Å². The molecule has 0 fully saturated rings. The lowest BCUT2D eigenvalue weighted by molar-refractivity contribution is 0.0951. The number of carbonyl (C=O) groups excluding carboxylic acids is 1. The molecular formula is C15H16N2O3. The number of hydrogen-bond acceptors (Lipinski definition) is 4. The number of nitrogens with one attached hydrogen (secondary N) is 1. The van der Waals surface area contributed by atoms with E-state index in [0.717, 1.165) is 0 Å². The van der Waals surface area contributed by atoms with Gasteiger partial charge >= 0.3 is 0 Å². The van der Waals surface area contributed by atoms with Crippen LogP contribution in [0.15, 0.2) is 42.5 Å². The highest BCUT2D eigenvalue weighted by Crippen LogP contribution is 2.20. The van der Waals surface area contributed by atoms with Crippen molar-refractivity contribution in [3.8, 4) is 11.5 Å². The third kappa shape index (κ3) is 3.00. The minimum atomic E-state index is -0.315. The Balaban J connectivity index is 2.11. The maximum absolute atomic E-state index is 12.1. The summed E-state index contributed by atoms with van der Waals surface area (Å²) in [7, 11) is 1.52. The standard InChI is InChI=1S/C15H16N2O3/c1-20-11-6-7-13(16)12(8-11)15(19)17-9-10-4-2-3-5-14(10)18/h2-8,18H,9,16H2,1H3,(H,17,19). The van der Waals surface area contributed by atoms with Gasteiger partial charge in [0, 0.05) is 17.8 Å². The number of ether oxygens (including phenoxy) is 1. The number of methoxy groups -OCH3 is 1. The largest absolute Gasteiger partial charge is 0.508 e. The van der Waals surface area contributed by atoms with Gasteiger partial charge in [0.25, 0.3) is 5.91 Å². The normalized spacial score (nSPS) is 10.1. The van der Waals surface area contributed by atoms with E-state index in [1.807, 2.05) is 0 Å². The van der Waals surface area contributed by atoms with E-state index in [4.69, 9.17) is 10.5 Å². The second-order valence-electron chi connectivity index (χ2n) is 4.26. The van der Waals surface area contributed by atoms with E-state index in [2.05, 4.69) is 5.32 Å². The van der Waals surface area contributed by atoms with Crippen molar-refractivity contribution < 1.29 is 14.6 Å². The summed E-state index contributed by atoms with van der Waals surface area (Å²) in [6, 6.07) is 11.7. The molecule has 5 nitrogen and oxygen atoms in total. The smallest absolute Gasteiger partial charge is 0.253 e. The van der Waals surface area contributed by atoms with E-state index in [1.165, 1.54) is 7.11 Å². The van der Waals surface area contributed by atoms with Crippen LogP contribution in [0.3, 0.4) is 0 Å². The maximum atomic E-state index is 12.1. The van der Waals surface area contributed by atoms with Crippen molar-refractivity contribution in [3.05, 3.63) is 53.6 Å². The summed E-state index contributed by atoms with van der Waals surface area (Å²) in [6.45, 7) is 0.224. The van der Waals surface area contributed by atoms with E-state index in [0.29, 0.717) is 22.6 Å². The van der Waals surface area contributed by atoms with Crippen molar-refractivity contribution in [3.63, 3.8) is 0 Å². The Bertz CT molecular complexity index is 626. The predicted octanol–water partition coefficient (Wildman–Crippen LogP) is 1.91. The van der Waals surface area contributed by atoms with E-state index >= 15 is 0 Å². The zero-order valence-corrected chi connectivity index (χ0v) is 11.1. The zero-order valence-electron chi connectivity index (χ0n) is 11.1. The molecule has 0 unspecified atom stereocenters. The van der Waals surface area contributed by atoms with Crippen molar-refractivity contribution in [2.24, 2.45) is 0 Å². The molecule has 0 saturated heterocycles. The van der Waals surface area contributed by atoms with Crippen molar-refractivity contribution in [1.82, 2.24) is 5.32 Å². The lowest BCUT2D eigenvalue weighted by Gasteiger charge is -2.10. The predicted molar refractivity (Wildman–Crippen MR) is 76.7 cm³/mol. The minimum absolute atomic E-state index is 0.145. The second-order valence-corrected chi connectivity index (χ2v) is 4.26. The molecule has 0 aromatic heterocycles. The van der Waals surface area contributed by atoms with Crippen LogP contribution in [0.25, 0.3) is 0 Å². The highest BCUT2D eigenvalue weighted by molar-refractivity contribution is 5.99. The number of benzene rings is 2. The van der Waals surface area contributed by atoms with Crippen LogP contribution in [0.1, 0.15) is 15.9 Å². The third-order valence-corrected chi connectivity index (χ3v) is 2.94. The van der Waals surface area contributed by atoms with Crippen molar-refractivity contribution >= 4 is 11.6 Å². The number of phenolic OH excluding ortho intramolecular Hbond substituents is 1. The first-order valence-electron chi connectivity index (χ1n) is 6.10. The summed E-state index contributed by atoms with van der Waals surface area (Å²) in [5.41, 5.74) is 7.14. The Kier molecular flexibility index (Phi) is 4.10. The molecule has 0 aliphatic heterocycles. The number of rotatable bonds is 4. The Morgan fingerprint density at radius 3 is 2.75 bits per heavy atom. The van der Waals surface area contributed by atoms with E-state index < -0.39 is 0 Å². The SMILES string of the molecule is COc1ccc(N)c(C(=O)NCc2ccccc2O)c1. The summed E-state index contributed by atoms with van der Waals surface area (Å²) in [6.07, 6.45) is 0. The average molecular weight is 272 g/mol. The Morgan fingerprint density at radius 2 is 2.05 bits per heavy atom. The number of carbonyl (C=O) groups is 1. The fourth-order valence-corrected chi connectivity index (χ4v) is 1.79. The first-order valence-corrected chi connectivity index (χ1v) is 6.10. The van der Waals surface area contributed by atoms with E-state index in [-0.39, 0.29) is 18.2 Å². The quantitative estimate of drug-likeness (QED) is 0.742. The molecule has 2 aromatic carbocycles. The Hall–Kier alpha value is -2.69. The number of phenols is 1. The van der Waals surface area contributed by atoms with Crippen LogP contribution in [0.5, 0.6) is 11.5 Å². The zero-order chi connectivity index (χ0) is 14.5. The van der Waals surface area contributed by atoms with Crippen LogP contribution >= 0.6 is 0 Å². The lowest BCUT2D eigenvalue weighted by atomic mass is 10.1. The van der Waals surface area contributed by atoms with Gasteiger partial charge in [0.05, 0.1) is 12.7 Å². The molecule has 2 rings (SSSR count). The number of nitrogen functional groups attached to an aromatic ring is 1. The average Bonchev–Trinajstić information content (AvgIpc) is 2.46. The van der Waals surface area contributed by atoms with Crippen LogP contribution < -0.4 is 15.8 Å². The molecule has 5 heteroatoms. The van der Waals surface area contributed by atoms with Gasteiger partial charge < -0.3 is 20.9 Å². The van der Waals surface area contributed by atoms with Gasteiger partial charge in [0.15, 0.2) is 0 Å². The number of para-hydroxylation sites is 1. The highest BCUT2D eigenvalue weighted by Gasteiger charge is 2.11. The Labute approximate surface area is 117 Å². The first-order chi connectivity index (χ1) is 9.61. The third-order valence-electron chi connectivity index (χ3n) is 2.94. The molecule has 2 aromatic rings. The molecule has 0 aliphatic carbocycles. The summed E-state index contributed by atoms with van der Waals surface area (Å²) in [5.74, 6) is 0.392. The van der Waals surface area contributed by atoms with E-state index in [1.54, 1.807) is 42.5 Å². The molecular weight excluding hydrogens is 256 g/mol. The van der Waals surface area contributed by atoms with Crippen LogP contribution in [0.2, 0.25) is 0 Å². The van der Waals surface area contributed by atoms with Gasteiger partial charge in [-0.3, -0.25) is 4.79 Å². The number of amides is 1. The molecule has 1 amide bonds. The van der Waals surface area contributed by atoms with Gasteiger partial charge in [-0.2, -0.15) is 0 Å². The van der Waals surface area contributed by atoms with Gasteiger partial charge in [-0.15, -0.1) is 0 Å². The molecule has 0 spiro atoms. The first kappa shape index (κ1) is 13.7. The molecule has 0 bridgehead atoms. The van der Waals surface area contributed by atoms with Crippen molar-refractivity contribution in [2.45, 2.75) is 6.54 Å². The number of nitrogens with two attached hydrogens (primary N) is 1.